The molecule has 1 aliphatic heterocycles. The maximum atomic E-state index is 13.5. The van der Waals surface area contributed by atoms with Gasteiger partial charge in [0.25, 0.3) is 0 Å². The topological polar surface area (TPSA) is 24.9 Å². The molecule has 0 saturated heterocycles. The first-order valence-electron chi connectivity index (χ1n) is 6.03. The van der Waals surface area contributed by atoms with Crippen molar-refractivity contribution in [2.75, 3.05) is 4.72 Å². The Morgan fingerprint density at radius 3 is 2.90 bits per heavy atom. The molecule has 1 aromatic heterocycles. The van der Waals surface area contributed by atoms with E-state index in [1.807, 2.05) is 18.2 Å². The number of halogens is 2. The largest absolute Gasteiger partial charge is 0.323 e. The van der Waals surface area contributed by atoms with Crippen molar-refractivity contribution in [2.24, 2.45) is 0 Å². The van der Waals surface area contributed by atoms with Crippen LogP contribution in [0.4, 0.5) is 10.1 Å². The first-order valence-corrected chi connectivity index (χ1v) is 7.23. The fourth-order valence-corrected chi connectivity index (χ4v) is 3.41. The molecule has 0 unspecified atom stereocenters. The van der Waals surface area contributed by atoms with Crippen molar-refractivity contribution >= 4 is 40.1 Å². The molecule has 3 aromatic rings. The average molecular weight is 303 g/mol. The van der Waals surface area contributed by atoms with Crippen molar-refractivity contribution in [1.82, 2.24) is 4.98 Å². The van der Waals surface area contributed by atoms with Crippen LogP contribution in [0.1, 0.15) is 0 Å². The van der Waals surface area contributed by atoms with E-state index in [1.54, 1.807) is 18.3 Å². The molecule has 0 atom stereocenters. The maximum Gasteiger partial charge on any atom is 0.123 e. The lowest BCUT2D eigenvalue weighted by Crippen LogP contribution is -2.01. The van der Waals surface area contributed by atoms with E-state index < -0.39 is 0 Å². The summed E-state index contributed by atoms with van der Waals surface area (Å²) < 4.78 is 16.8. The predicted octanol–water partition coefficient (Wildman–Crippen LogP) is 5.13. The summed E-state index contributed by atoms with van der Waals surface area (Å²) in [6.45, 7) is 0. The van der Waals surface area contributed by atoms with Gasteiger partial charge in [-0.15, -0.1) is 0 Å². The molecule has 0 spiro atoms. The van der Waals surface area contributed by atoms with E-state index in [4.69, 9.17) is 11.6 Å². The molecule has 0 bridgehead atoms. The first-order chi connectivity index (χ1) is 9.72. The van der Waals surface area contributed by atoms with Crippen LogP contribution in [-0.2, 0) is 0 Å². The third-order valence-electron chi connectivity index (χ3n) is 3.31. The highest BCUT2D eigenvalue weighted by molar-refractivity contribution is 8.00. The molecular weight excluding hydrogens is 295 g/mol. The normalized spacial score (nSPS) is 12.7. The van der Waals surface area contributed by atoms with Crippen LogP contribution >= 0.6 is 23.5 Å². The van der Waals surface area contributed by atoms with Gasteiger partial charge in [-0.25, -0.2) is 4.39 Å². The van der Waals surface area contributed by atoms with Crippen molar-refractivity contribution in [3.8, 4) is 11.1 Å². The minimum Gasteiger partial charge on any atom is -0.323 e. The molecule has 0 aliphatic carbocycles. The highest BCUT2D eigenvalue weighted by atomic mass is 35.5. The fourth-order valence-electron chi connectivity index (χ4n) is 2.41. The minimum atomic E-state index is -0.235. The van der Waals surface area contributed by atoms with Crippen LogP contribution in [0.5, 0.6) is 0 Å². The van der Waals surface area contributed by atoms with E-state index in [2.05, 4.69) is 9.71 Å². The number of hydrogen-bond donors (Lipinski definition) is 1. The molecule has 5 heteroatoms. The Bertz CT molecular complexity index is 851. The summed E-state index contributed by atoms with van der Waals surface area (Å²) in [6, 6.07) is 10.6. The van der Waals surface area contributed by atoms with E-state index in [0.717, 1.165) is 32.6 Å². The number of pyridine rings is 1. The van der Waals surface area contributed by atoms with Gasteiger partial charge in [0.15, 0.2) is 0 Å². The quantitative estimate of drug-likeness (QED) is 0.583. The number of rotatable bonds is 0. The van der Waals surface area contributed by atoms with Crippen molar-refractivity contribution in [3.63, 3.8) is 0 Å². The zero-order valence-electron chi connectivity index (χ0n) is 10.2. The van der Waals surface area contributed by atoms with Gasteiger partial charge in [0.2, 0.25) is 0 Å². The molecule has 98 valence electrons. The molecule has 0 radical (unpaired) electrons. The van der Waals surface area contributed by atoms with Gasteiger partial charge in [-0.2, -0.15) is 0 Å². The molecule has 2 nitrogen and oxygen atoms in total. The van der Waals surface area contributed by atoms with Crippen LogP contribution in [-0.4, -0.2) is 4.98 Å². The molecule has 20 heavy (non-hydrogen) atoms. The van der Waals surface area contributed by atoms with Gasteiger partial charge in [-0.3, -0.25) is 4.98 Å². The Morgan fingerprint density at radius 1 is 1.10 bits per heavy atom. The Hall–Kier alpha value is -1.78. The van der Waals surface area contributed by atoms with Crippen LogP contribution in [0.3, 0.4) is 0 Å². The average Bonchev–Trinajstić information content (AvgIpc) is 2.46. The van der Waals surface area contributed by atoms with E-state index in [1.165, 1.54) is 18.0 Å². The van der Waals surface area contributed by atoms with Crippen LogP contribution in [0.25, 0.3) is 22.0 Å². The third-order valence-corrected chi connectivity index (χ3v) is 4.40. The minimum absolute atomic E-state index is 0.235. The zero-order valence-corrected chi connectivity index (χ0v) is 11.7. The van der Waals surface area contributed by atoms with E-state index >= 15 is 0 Å². The predicted molar refractivity (Wildman–Crippen MR) is 81.6 cm³/mol. The van der Waals surface area contributed by atoms with Crippen LogP contribution in [0.15, 0.2) is 47.5 Å². The van der Waals surface area contributed by atoms with Crippen molar-refractivity contribution in [1.29, 1.82) is 0 Å². The van der Waals surface area contributed by atoms with E-state index in [0.29, 0.717) is 5.02 Å². The standard InChI is InChI=1S/C15H8ClFN2S/c16-9-5-8-1-3-11-12-6-10(17)2-4-13(12)20-19-15(11)14(8)18-7-9/h1-7,19H. The van der Waals surface area contributed by atoms with Gasteiger partial charge in [0.05, 0.1) is 16.2 Å². The van der Waals surface area contributed by atoms with Gasteiger partial charge in [0.1, 0.15) is 5.82 Å². The van der Waals surface area contributed by atoms with Gasteiger partial charge in [-0.1, -0.05) is 23.7 Å². The van der Waals surface area contributed by atoms with E-state index in [9.17, 15) is 4.39 Å². The highest BCUT2D eigenvalue weighted by Gasteiger charge is 2.19. The smallest absolute Gasteiger partial charge is 0.123 e. The number of fused-ring (bicyclic) bond motifs is 5. The van der Waals surface area contributed by atoms with Gasteiger partial charge in [0, 0.05) is 27.6 Å². The highest BCUT2D eigenvalue weighted by Crippen LogP contribution is 2.45. The molecule has 0 saturated carbocycles. The summed E-state index contributed by atoms with van der Waals surface area (Å²) in [5.74, 6) is -0.235. The number of aromatic nitrogens is 1. The second kappa shape index (κ2) is 4.36. The summed E-state index contributed by atoms with van der Waals surface area (Å²) in [4.78, 5) is 5.39. The fraction of sp³-hybridized carbons (Fsp3) is 0. The number of hydrogen-bond acceptors (Lipinski definition) is 3. The van der Waals surface area contributed by atoms with Crippen LogP contribution in [0.2, 0.25) is 5.02 Å². The lowest BCUT2D eigenvalue weighted by Gasteiger charge is -2.21. The Labute approximate surface area is 124 Å². The molecule has 0 amide bonds. The molecule has 0 fully saturated rings. The second-order valence-electron chi connectivity index (χ2n) is 4.56. The van der Waals surface area contributed by atoms with Crippen LogP contribution < -0.4 is 4.72 Å². The summed E-state index contributed by atoms with van der Waals surface area (Å²) in [5, 5.41) is 1.57. The van der Waals surface area contributed by atoms with Crippen LogP contribution in [0, 0.1) is 5.82 Å². The lowest BCUT2D eigenvalue weighted by atomic mass is 10.0. The second-order valence-corrected chi connectivity index (χ2v) is 5.84. The molecular formula is C15H8ClFN2S. The first kappa shape index (κ1) is 12.0. The monoisotopic (exact) mass is 302 g/mol. The van der Waals surface area contributed by atoms with Gasteiger partial charge in [-0.05, 0) is 36.2 Å². The third kappa shape index (κ3) is 1.76. The van der Waals surface area contributed by atoms with Gasteiger partial charge >= 0.3 is 0 Å². The summed E-state index contributed by atoms with van der Waals surface area (Å²) >= 11 is 7.44. The number of nitrogens with one attached hydrogen (secondary N) is 1. The molecule has 1 aliphatic rings. The molecule has 4 rings (SSSR count). The molecule has 2 aromatic carbocycles. The number of nitrogens with zero attached hydrogens (tertiary/aromatic N) is 1. The number of benzene rings is 2. The molecule has 2 heterocycles. The van der Waals surface area contributed by atoms with Crippen molar-refractivity contribution < 1.29 is 4.39 Å². The summed E-state index contributed by atoms with van der Waals surface area (Å²) in [7, 11) is 0. The molecule has 1 N–H and O–H groups in total. The number of anilines is 1. The Morgan fingerprint density at radius 2 is 2.00 bits per heavy atom. The Balaban J connectivity index is 2.05. The lowest BCUT2D eigenvalue weighted by molar-refractivity contribution is 0.627. The maximum absolute atomic E-state index is 13.5. The van der Waals surface area contributed by atoms with E-state index in [-0.39, 0.29) is 5.82 Å². The Kier molecular flexibility index (Phi) is 2.62. The van der Waals surface area contributed by atoms with Crippen molar-refractivity contribution in [2.45, 2.75) is 4.90 Å². The summed E-state index contributed by atoms with van der Waals surface area (Å²) in [6.07, 6.45) is 1.62. The zero-order chi connectivity index (χ0) is 13.7. The van der Waals surface area contributed by atoms with Crippen molar-refractivity contribution in [3.05, 3.63) is 53.4 Å². The van der Waals surface area contributed by atoms with Gasteiger partial charge < -0.3 is 4.72 Å². The SMILES string of the molecule is Fc1ccc2c(c1)-c1ccc3cc(Cl)cnc3c1NS2. The summed E-state index contributed by atoms with van der Waals surface area (Å²) in [5.41, 5.74) is 3.60.